The van der Waals surface area contributed by atoms with Crippen LogP contribution in [0.3, 0.4) is 0 Å². The van der Waals surface area contributed by atoms with Crippen LogP contribution < -0.4 is 5.32 Å². The molecule has 0 saturated heterocycles. The minimum atomic E-state index is -0.345. The number of aryl methyl sites for hydroxylation is 2. The lowest BCUT2D eigenvalue weighted by Gasteiger charge is -2.09. The fraction of sp³-hybridized carbons (Fsp3) is 0.200. The second-order valence-electron chi connectivity index (χ2n) is 6.21. The van der Waals surface area contributed by atoms with Gasteiger partial charge in [0.2, 0.25) is 0 Å². The SMILES string of the molecule is Cc1cc(C)n(Cc2cccc(CNC(=O)c3ccc(F)cc3I)c2)n1. The molecule has 0 fully saturated rings. The van der Waals surface area contributed by atoms with E-state index in [-0.39, 0.29) is 11.7 Å². The molecule has 2 aromatic carbocycles. The summed E-state index contributed by atoms with van der Waals surface area (Å²) in [5.74, 6) is -0.554. The summed E-state index contributed by atoms with van der Waals surface area (Å²) in [5.41, 5.74) is 4.73. The van der Waals surface area contributed by atoms with Crippen LogP contribution in [-0.4, -0.2) is 15.7 Å². The Balaban J connectivity index is 1.67. The van der Waals surface area contributed by atoms with Crippen LogP contribution >= 0.6 is 22.6 Å². The monoisotopic (exact) mass is 463 g/mol. The molecule has 0 aliphatic heterocycles. The van der Waals surface area contributed by atoms with Crippen molar-refractivity contribution < 1.29 is 9.18 Å². The molecule has 0 radical (unpaired) electrons. The zero-order valence-electron chi connectivity index (χ0n) is 14.6. The van der Waals surface area contributed by atoms with Crippen molar-refractivity contribution in [1.29, 1.82) is 0 Å². The summed E-state index contributed by atoms with van der Waals surface area (Å²) in [5, 5.41) is 7.37. The van der Waals surface area contributed by atoms with Gasteiger partial charge < -0.3 is 5.32 Å². The molecule has 3 aromatic rings. The minimum absolute atomic E-state index is 0.210. The topological polar surface area (TPSA) is 46.9 Å². The molecule has 4 nitrogen and oxygen atoms in total. The zero-order chi connectivity index (χ0) is 18.7. The van der Waals surface area contributed by atoms with Crippen molar-refractivity contribution in [2.45, 2.75) is 26.9 Å². The van der Waals surface area contributed by atoms with E-state index < -0.39 is 0 Å². The number of amides is 1. The highest BCUT2D eigenvalue weighted by Gasteiger charge is 2.10. The number of rotatable bonds is 5. The molecule has 1 aromatic heterocycles. The molecular formula is C20H19FIN3O. The summed E-state index contributed by atoms with van der Waals surface area (Å²) in [6, 6.07) is 14.3. The Hall–Kier alpha value is -2.22. The first-order valence-corrected chi connectivity index (χ1v) is 9.32. The summed E-state index contributed by atoms with van der Waals surface area (Å²) in [6.45, 7) is 5.12. The third-order valence-corrected chi connectivity index (χ3v) is 4.95. The number of carbonyl (C=O) groups excluding carboxylic acids is 1. The van der Waals surface area contributed by atoms with E-state index in [1.165, 1.54) is 18.2 Å². The second kappa shape index (κ2) is 7.99. The maximum Gasteiger partial charge on any atom is 0.252 e. The molecule has 0 unspecified atom stereocenters. The van der Waals surface area contributed by atoms with Gasteiger partial charge in [-0.15, -0.1) is 0 Å². The molecule has 1 heterocycles. The van der Waals surface area contributed by atoms with Crippen LogP contribution in [0.4, 0.5) is 4.39 Å². The summed E-state index contributed by atoms with van der Waals surface area (Å²) in [7, 11) is 0. The molecule has 0 aliphatic rings. The Morgan fingerprint density at radius 2 is 1.92 bits per heavy atom. The van der Waals surface area contributed by atoms with E-state index in [9.17, 15) is 9.18 Å². The van der Waals surface area contributed by atoms with E-state index in [0.29, 0.717) is 22.2 Å². The average Bonchev–Trinajstić information content (AvgIpc) is 2.90. The molecule has 1 amide bonds. The van der Waals surface area contributed by atoms with Crippen LogP contribution in [0.15, 0.2) is 48.5 Å². The first kappa shape index (κ1) is 18.6. The van der Waals surface area contributed by atoms with Gasteiger partial charge in [-0.3, -0.25) is 9.48 Å². The molecule has 0 saturated carbocycles. The number of halogens is 2. The highest BCUT2D eigenvalue weighted by molar-refractivity contribution is 14.1. The largest absolute Gasteiger partial charge is 0.348 e. The van der Waals surface area contributed by atoms with Crippen molar-refractivity contribution in [2.24, 2.45) is 0 Å². The number of aromatic nitrogens is 2. The van der Waals surface area contributed by atoms with E-state index >= 15 is 0 Å². The van der Waals surface area contributed by atoms with Crippen molar-refractivity contribution in [1.82, 2.24) is 15.1 Å². The Morgan fingerprint density at radius 3 is 2.62 bits per heavy atom. The average molecular weight is 463 g/mol. The van der Waals surface area contributed by atoms with Gasteiger partial charge in [-0.25, -0.2) is 4.39 Å². The van der Waals surface area contributed by atoms with Gasteiger partial charge in [0.15, 0.2) is 0 Å². The van der Waals surface area contributed by atoms with Gasteiger partial charge in [0, 0.05) is 15.8 Å². The van der Waals surface area contributed by atoms with E-state index in [2.05, 4.69) is 16.5 Å². The zero-order valence-corrected chi connectivity index (χ0v) is 16.7. The molecule has 6 heteroatoms. The van der Waals surface area contributed by atoms with Gasteiger partial charge in [0.05, 0.1) is 17.8 Å². The predicted octanol–water partition coefficient (Wildman–Crippen LogP) is 4.22. The van der Waals surface area contributed by atoms with E-state index in [1.807, 2.05) is 65.4 Å². The Kier molecular flexibility index (Phi) is 5.70. The molecular weight excluding hydrogens is 444 g/mol. The number of benzene rings is 2. The number of hydrogen-bond acceptors (Lipinski definition) is 2. The normalized spacial score (nSPS) is 10.8. The number of hydrogen-bond donors (Lipinski definition) is 1. The fourth-order valence-electron chi connectivity index (χ4n) is 2.80. The van der Waals surface area contributed by atoms with Gasteiger partial charge in [0.25, 0.3) is 5.91 Å². The van der Waals surface area contributed by atoms with Crippen molar-refractivity contribution in [3.05, 3.63) is 86.0 Å². The standard InChI is InChI=1S/C20H19FIN3O/c1-13-8-14(2)25(24-13)12-16-5-3-4-15(9-16)11-23-20(26)18-7-6-17(21)10-19(18)22/h3-10H,11-12H2,1-2H3,(H,23,26). The fourth-order valence-corrected chi connectivity index (χ4v) is 3.52. The molecule has 0 spiro atoms. The Morgan fingerprint density at radius 1 is 1.15 bits per heavy atom. The molecule has 3 rings (SSSR count). The quantitative estimate of drug-likeness (QED) is 0.577. The molecule has 1 N–H and O–H groups in total. The van der Waals surface area contributed by atoms with E-state index in [1.54, 1.807) is 0 Å². The lowest BCUT2D eigenvalue weighted by molar-refractivity contribution is 0.0950. The molecule has 0 bridgehead atoms. The predicted molar refractivity (Wildman–Crippen MR) is 108 cm³/mol. The third-order valence-electron chi connectivity index (χ3n) is 4.06. The van der Waals surface area contributed by atoms with Crippen LogP contribution in [0.5, 0.6) is 0 Å². The molecule has 0 atom stereocenters. The van der Waals surface area contributed by atoms with Crippen LogP contribution in [-0.2, 0) is 13.1 Å². The van der Waals surface area contributed by atoms with Gasteiger partial charge >= 0.3 is 0 Å². The second-order valence-corrected chi connectivity index (χ2v) is 7.37. The maximum atomic E-state index is 13.2. The number of nitrogens with one attached hydrogen (secondary N) is 1. The highest BCUT2D eigenvalue weighted by Crippen LogP contribution is 2.14. The van der Waals surface area contributed by atoms with E-state index in [4.69, 9.17) is 0 Å². The van der Waals surface area contributed by atoms with Crippen LogP contribution in [0, 0.1) is 23.2 Å². The van der Waals surface area contributed by atoms with Crippen molar-refractivity contribution in [3.63, 3.8) is 0 Å². The van der Waals surface area contributed by atoms with Crippen molar-refractivity contribution in [2.75, 3.05) is 0 Å². The summed E-state index contributed by atoms with van der Waals surface area (Å²) in [4.78, 5) is 12.3. The van der Waals surface area contributed by atoms with Crippen molar-refractivity contribution in [3.8, 4) is 0 Å². The third kappa shape index (κ3) is 4.49. The number of carbonyl (C=O) groups is 1. The summed E-state index contributed by atoms with van der Waals surface area (Å²) >= 11 is 1.97. The van der Waals surface area contributed by atoms with Gasteiger partial charge in [-0.1, -0.05) is 24.3 Å². The molecule has 0 aliphatic carbocycles. The van der Waals surface area contributed by atoms with Gasteiger partial charge in [-0.2, -0.15) is 5.10 Å². The smallest absolute Gasteiger partial charge is 0.252 e. The molecule has 134 valence electrons. The minimum Gasteiger partial charge on any atom is -0.348 e. The summed E-state index contributed by atoms with van der Waals surface area (Å²) < 4.78 is 15.7. The lowest BCUT2D eigenvalue weighted by atomic mass is 10.1. The number of nitrogens with zero attached hydrogens (tertiary/aromatic N) is 2. The lowest BCUT2D eigenvalue weighted by Crippen LogP contribution is -2.23. The van der Waals surface area contributed by atoms with Crippen molar-refractivity contribution >= 4 is 28.5 Å². The van der Waals surface area contributed by atoms with E-state index in [0.717, 1.165) is 22.5 Å². The van der Waals surface area contributed by atoms with Gasteiger partial charge in [-0.05, 0) is 71.8 Å². The van der Waals surface area contributed by atoms with Crippen LogP contribution in [0.25, 0.3) is 0 Å². The molecule has 26 heavy (non-hydrogen) atoms. The highest BCUT2D eigenvalue weighted by atomic mass is 127. The first-order chi connectivity index (χ1) is 12.4. The van der Waals surface area contributed by atoms with Crippen LogP contribution in [0.2, 0.25) is 0 Å². The summed E-state index contributed by atoms with van der Waals surface area (Å²) in [6.07, 6.45) is 0. The van der Waals surface area contributed by atoms with Gasteiger partial charge in [0.1, 0.15) is 5.82 Å². The van der Waals surface area contributed by atoms with Crippen LogP contribution in [0.1, 0.15) is 32.9 Å². The first-order valence-electron chi connectivity index (χ1n) is 8.24. The maximum absolute atomic E-state index is 13.2. The Labute approximate surface area is 165 Å². The Bertz CT molecular complexity index is 952.